The van der Waals surface area contributed by atoms with E-state index in [9.17, 15) is 0 Å². The first-order chi connectivity index (χ1) is 5.24. The molecule has 0 N–H and O–H groups in total. The fourth-order valence-electron chi connectivity index (χ4n) is 1.63. The number of hydrogen-bond acceptors (Lipinski definition) is 0. The molecule has 0 spiro atoms. The summed E-state index contributed by atoms with van der Waals surface area (Å²) in [5, 5.41) is 1.16. The molecule has 64 valence electrons. The molecule has 1 aliphatic rings. The number of hydrogen-bond donors (Lipinski definition) is 0. The van der Waals surface area contributed by atoms with E-state index in [1.807, 2.05) is 0 Å². The van der Waals surface area contributed by atoms with Crippen molar-refractivity contribution in [2.45, 2.75) is 33.1 Å². The number of halogens is 1. The van der Waals surface area contributed by atoms with Gasteiger partial charge >= 0.3 is 0 Å². The number of alkyl halides is 1. The van der Waals surface area contributed by atoms with Crippen molar-refractivity contribution in [2.75, 3.05) is 5.33 Å². The highest BCUT2D eigenvalue weighted by Gasteiger charge is 2.17. The normalized spacial score (nSPS) is 27.9. The summed E-state index contributed by atoms with van der Waals surface area (Å²) in [6, 6.07) is 0. The molecule has 0 nitrogen and oxygen atoms in total. The second-order valence-electron chi connectivity index (χ2n) is 3.72. The molecular formula is C10H17Br. The summed E-state index contributed by atoms with van der Waals surface area (Å²) in [7, 11) is 0. The number of rotatable bonds is 2. The minimum Gasteiger partial charge on any atom is -0.0925 e. The van der Waals surface area contributed by atoms with Crippen molar-refractivity contribution in [2.24, 2.45) is 11.8 Å². The van der Waals surface area contributed by atoms with Crippen LogP contribution in [0.15, 0.2) is 11.6 Å². The molecule has 1 rings (SSSR count). The van der Waals surface area contributed by atoms with Crippen molar-refractivity contribution in [3.63, 3.8) is 0 Å². The Morgan fingerprint density at radius 1 is 1.73 bits per heavy atom. The molecular weight excluding hydrogens is 200 g/mol. The fourth-order valence-corrected chi connectivity index (χ4v) is 2.16. The van der Waals surface area contributed by atoms with E-state index in [-0.39, 0.29) is 0 Å². The van der Waals surface area contributed by atoms with Gasteiger partial charge in [0.1, 0.15) is 0 Å². The van der Waals surface area contributed by atoms with Crippen molar-refractivity contribution in [3.8, 4) is 0 Å². The van der Waals surface area contributed by atoms with Gasteiger partial charge in [0.15, 0.2) is 0 Å². The predicted molar refractivity (Wildman–Crippen MR) is 54.1 cm³/mol. The third-order valence-electron chi connectivity index (χ3n) is 2.73. The van der Waals surface area contributed by atoms with E-state index in [2.05, 4.69) is 35.9 Å². The minimum atomic E-state index is 0.847. The molecule has 0 aromatic carbocycles. The maximum Gasteiger partial charge on any atom is 0.00597 e. The van der Waals surface area contributed by atoms with Crippen molar-refractivity contribution in [1.29, 1.82) is 0 Å². The van der Waals surface area contributed by atoms with Crippen molar-refractivity contribution >= 4 is 15.9 Å². The van der Waals surface area contributed by atoms with Crippen LogP contribution in [0.2, 0.25) is 0 Å². The summed E-state index contributed by atoms with van der Waals surface area (Å²) in [6.07, 6.45) is 6.43. The Bertz CT molecular complexity index is 149. The summed E-state index contributed by atoms with van der Waals surface area (Å²) in [5.41, 5.74) is 1.59. The van der Waals surface area contributed by atoms with Gasteiger partial charge in [-0.3, -0.25) is 0 Å². The van der Waals surface area contributed by atoms with E-state index >= 15 is 0 Å². The molecule has 2 atom stereocenters. The summed E-state index contributed by atoms with van der Waals surface area (Å²) < 4.78 is 0. The van der Waals surface area contributed by atoms with E-state index in [1.165, 1.54) is 19.3 Å². The summed E-state index contributed by atoms with van der Waals surface area (Å²) >= 11 is 3.54. The van der Waals surface area contributed by atoms with E-state index < -0.39 is 0 Å². The highest BCUT2D eigenvalue weighted by molar-refractivity contribution is 9.09. The molecule has 0 fully saturated rings. The van der Waals surface area contributed by atoms with Gasteiger partial charge in [-0.05, 0) is 38.0 Å². The largest absolute Gasteiger partial charge is 0.0925 e. The predicted octanol–water partition coefficient (Wildman–Crippen LogP) is 3.76. The summed E-state index contributed by atoms with van der Waals surface area (Å²) in [6.45, 7) is 4.59. The Hall–Kier alpha value is 0.220. The van der Waals surface area contributed by atoms with Gasteiger partial charge in [0.2, 0.25) is 0 Å². The SMILES string of the molecule is CC1=CC[C@H](C(C)CBr)CC1. The van der Waals surface area contributed by atoms with Crippen LogP contribution in [0, 0.1) is 11.8 Å². The van der Waals surface area contributed by atoms with Gasteiger partial charge in [0, 0.05) is 5.33 Å². The molecule has 0 aromatic heterocycles. The fraction of sp³-hybridized carbons (Fsp3) is 0.800. The molecule has 0 radical (unpaired) electrons. The van der Waals surface area contributed by atoms with Crippen LogP contribution in [0.4, 0.5) is 0 Å². The van der Waals surface area contributed by atoms with Gasteiger partial charge in [-0.25, -0.2) is 0 Å². The Morgan fingerprint density at radius 3 is 2.91 bits per heavy atom. The monoisotopic (exact) mass is 216 g/mol. The summed E-state index contributed by atoms with van der Waals surface area (Å²) in [5.74, 6) is 1.78. The van der Waals surface area contributed by atoms with E-state index in [4.69, 9.17) is 0 Å². The van der Waals surface area contributed by atoms with Crippen LogP contribution >= 0.6 is 15.9 Å². The highest BCUT2D eigenvalue weighted by atomic mass is 79.9. The van der Waals surface area contributed by atoms with Crippen LogP contribution in [0.5, 0.6) is 0 Å². The first-order valence-corrected chi connectivity index (χ1v) is 5.57. The van der Waals surface area contributed by atoms with Gasteiger partial charge in [-0.2, -0.15) is 0 Å². The molecule has 1 aliphatic carbocycles. The van der Waals surface area contributed by atoms with Crippen LogP contribution in [0.1, 0.15) is 33.1 Å². The van der Waals surface area contributed by atoms with E-state index in [0.717, 1.165) is 17.2 Å². The Morgan fingerprint density at radius 2 is 2.45 bits per heavy atom. The quantitative estimate of drug-likeness (QED) is 0.488. The maximum absolute atomic E-state index is 3.54. The van der Waals surface area contributed by atoms with Gasteiger partial charge in [-0.1, -0.05) is 34.5 Å². The highest BCUT2D eigenvalue weighted by Crippen LogP contribution is 2.29. The lowest BCUT2D eigenvalue weighted by molar-refractivity contribution is 0.357. The first-order valence-electron chi connectivity index (χ1n) is 4.45. The zero-order chi connectivity index (χ0) is 8.27. The summed E-state index contributed by atoms with van der Waals surface area (Å²) in [4.78, 5) is 0. The Balaban J connectivity index is 2.40. The average molecular weight is 217 g/mol. The minimum absolute atomic E-state index is 0.847. The third-order valence-corrected chi connectivity index (χ3v) is 3.75. The smallest absolute Gasteiger partial charge is 0.00597 e. The van der Waals surface area contributed by atoms with Gasteiger partial charge in [-0.15, -0.1) is 0 Å². The lowest BCUT2D eigenvalue weighted by atomic mass is 9.83. The third kappa shape index (κ3) is 2.62. The first kappa shape index (κ1) is 9.31. The van der Waals surface area contributed by atoms with Crippen LogP contribution in [0.25, 0.3) is 0 Å². The maximum atomic E-state index is 3.54. The second kappa shape index (κ2) is 4.30. The number of allylic oxidation sites excluding steroid dienone is 2. The molecule has 0 bridgehead atoms. The van der Waals surface area contributed by atoms with Crippen LogP contribution in [0.3, 0.4) is 0 Å². The zero-order valence-electron chi connectivity index (χ0n) is 7.44. The molecule has 1 heteroatoms. The Kier molecular flexibility index (Phi) is 3.64. The van der Waals surface area contributed by atoms with Gasteiger partial charge in [0.25, 0.3) is 0 Å². The Labute approximate surface area is 78.2 Å². The topological polar surface area (TPSA) is 0 Å². The molecule has 0 amide bonds. The van der Waals surface area contributed by atoms with Crippen molar-refractivity contribution in [1.82, 2.24) is 0 Å². The molecule has 0 saturated heterocycles. The van der Waals surface area contributed by atoms with Gasteiger partial charge < -0.3 is 0 Å². The zero-order valence-corrected chi connectivity index (χ0v) is 9.02. The molecule has 0 heterocycles. The molecule has 0 aliphatic heterocycles. The lowest BCUT2D eigenvalue weighted by Crippen LogP contribution is -2.15. The van der Waals surface area contributed by atoms with Crippen LogP contribution < -0.4 is 0 Å². The second-order valence-corrected chi connectivity index (χ2v) is 4.36. The average Bonchev–Trinajstić information content (AvgIpc) is 2.05. The van der Waals surface area contributed by atoms with Crippen molar-refractivity contribution in [3.05, 3.63) is 11.6 Å². The van der Waals surface area contributed by atoms with E-state index in [1.54, 1.807) is 5.57 Å². The standard InChI is InChI=1S/C10H17Br/c1-8-3-5-10(6-4-8)9(2)7-11/h3,9-10H,4-7H2,1-2H3/t9?,10-/m0/s1. The molecule has 11 heavy (non-hydrogen) atoms. The van der Waals surface area contributed by atoms with E-state index in [0.29, 0.717) is 0 Å². The lowest BCUT2D eigenvalue weighted by Gasteiger charge is -2.24. The van der Waals surface area contributed by atoms with Crippen LogP contribution in [-0.4, -0.2) is 5.33 Å². The molecule has 0 aromatic rings. The van der Waals surface area contributed by atoms with Crippen LogP contribution in [-0.2, 0) is 0 Å². The molecule has 0 saturated carbocycles. The van der Waals surface area contributed by atoms with Gasteiger partial charge in [0.05, 0.1) is 0 Å². The molecule has 1 unspecified atom stereocenters. The van der Waals surface area contributed by atoms with Crippen molar-refractivity contribution < 1.29 is 0 Å².